The highest BCUT2D eigenvalue weighted by atomic mass is 19.4. The van der Waals surface area contributed by atoms with Gasteiger partial charge < -0.3 is 20.4 Å². The van der Waals surface area contributed by atoms with Crippen LogP contribution < -0.4 is 10.6 Å². The van der Waals surface area contributed by atoms with E-state index in [-0.39, 0.29) is 26.2 Å². The molecule has 128 valence electrons. The number of hydrogen-bond acceptors (Lipinski definition) is 3. The predicted octanol–water partition coefficient (Wildman–Crippen LogP) is 0.779. The van der Waals surface area contributed by atoms with Gasteiger partial charge in [0, 0.05) is 39.3 Å². The first-order chi connectivity index (χ1) is 10.1. The Labute approximate surface area is 122 Å². The highest BCUT2D eigenvalue weighted by Crippen LogP contribution is 2.25. The molecule has 2 N–H and O–H groups in total. The number of alkyl halides is 6. The maximum absolute atomic E-state index is 12.7. The zero-order valence-electron chi connectivity index (χ0n) is 11.5. The molecule has 2 heterocycles. The summed E-state index contributed by atoms with van der Waals surface area (Å²) in [5.41, 5.74) is 0. The van der Waals surface area contributed by atoms with E-state index in [0.717, 1.165) is 9.80 Å². The number of amides is 2. The van der Waals surface area contributed by atoms with Gasteiger partial charge in [0.25, 0.3) is 0 Å². The smallest absolute Gasteiger partial charge is 0.321 e. The van der Waals surface area contributed by atoms with Crippen LogP contribution in [0.5, 0.6) is 0 Å². The number of urea groups is 1. The van der Waals surface area contributed by atoms with Crippen molar-refractivity contribution in [1.82, 2.24) is 20.4 Å². The largest absolute Gasteiger partial charge is 0.405 e. The minimum Gasteiger partial charge on any atom is -0.321 e. The van der Waals surface area contributed by atoms with Crippen molar-refractivity contribution in [3.8, 4) is 0 Å². The van der Waals surface area contributed by atoms with Crippen molar-refractivity contribution in [2.45, 2.75) is 24.4 Å². The van der Waals surface area contributed by atoms with Crippen LogP contribution in [0.3, 0.4) is 0 Å². The molecule has 0 aromatic carbocycles. The lowest BCUT2D eigenvalue weighted by atomic mass is 10.2. The van der Waals surface area contributed by atoms with Crippen molar-refractivity contribution in [1.29, 1.82) is 0 Å². The molecule has 5 nitrogen and oxygen atoms in total. The van der Waals surface area contributed by atoms with E-state index in [0.29, 0.717) is 0 Å². The molecule has 0 aromatic heterocycles. The average Bonchev–Trinajstić information content (AvgIpc) is 2.45. The number of hydrogen-bond donors (Lipinski definition) is 2. The maximum atomic E-state index is 12.7. The fraction of sp³-hybridized carbons (Fsp3) is 0.909. The molecular weight excluding hydrogens is 318 g/mol. The van der Waals surface area contributed by atoms with Crippen molar-refractivity contribution in [2.24, 2.45) is 0 Å². The summed E-state index contributed by atoms with van der Waals surface area (Å²) < 4.78 is 76.0. The van der Waals surface area contributed by atoms with Crippen LogP contribution in [0.1, 0.15) is 0 Å². The van der Waals surface area contributed by atoms with E-state index in [1.807, 2.05) is 0 Å². The van der Waals surface area contributed by atoms with Crippen LogP contribution in [-0.2, 0) is 0 Å². The fourth-order valence-corrected chi connectivity index (χ4v) is 2.49. The molecule has 22 heavy (non-hydrogen) atoms. The second kappa shape index (κ2) is 6.11. The van der Waals surface area contributed by atoms with E-state index in [1.165, 1.54) is 0 Å². The lowest BCUT2D eigenvalue weighted by Crippen LogP contribution is -2.64. The minimum absolute atomic E-state index is 0.0338. The van der Waals surface area contributed by atoms with E-state index in [1.54, 1.807) is 0 Å². The van der Waals surface area contributed by atoms with Gasteiger partial charge in [-0.05, 0) is 0 Å². The number of halogens is 6. The molecule has 0 aliphatic carbocycles. The Morgan fingerprint density at radius 2 is 1.18 bits per heavy atom. The number of carbonyl (C=O) groups excluding carboxylic acids is 1. The molecule has 2 unspecified atom stereocenters. The normalized spacial score (nSPS) is 27.9. The van der Waals surface area contributed by atoms with Gasteiger partial charge in [0.15, 0.2) is 0 Å². The first-order valence-electron chi connectivity index (χ1n) is 6.73. The van der Waals surface area contributed by atoms with Gasteiger partial charge in [-0.3, -0.25) is 0 Å². The number of nitrogens with zero attached hydrogens (tertiary/aromatic N) is 2. The molecule has 0 saturated carbocycles. The van der Waals surface area contributed by atoms with Gasteiger partial charge >= 0.3 is 18.4 Å². The standard InChI is InChI=1S/C11H16F6N4O/c12-10(13,14)7-5-20(3-1-18-7)9(22)21-4-2-19-8(6-21)11(15,16)17/h7-8,18-19H,1-6H2. The zero-order valence-corrected chi connectivity index (χ0v) is 11.5. The molecule has 2 atom stereocenters. The van der Waals surface area contributed by atoms with E-state index < -0.39 is 43.6 Å². The Morgan fingerprint density at radius 3 is 1.50 bits per heavy atom. The maximum Gasteiger partial charge on any atom is 0.405 e. The highest BCUT2D eigenvalue weighted by molar-refractivity contribution is 5.75. The summed E-state index contributed by atoms with van der Waals surface area (Å²) in [6.45, 7) is -1.22. The van der Waals surface area contributed by atoms with Crippen molar-refractivity contribution in [3.63, 3.8) is 0 Å². The third kappa shape index (κ3) is 3.94. The van der Waals surface area contributed by atoms with Crippen LogP contribution in [0.25, 0.3) is 0 Å². The molecule has 11 heteroatoms. The van der Waals surface area contributed by atoms with Gasteiger partial charge in [-0.1, -0.05) is 0 Å². The molecule has 2 rings (SSSR count). The van der Waals surface area contributed by atoms with Crippen molar-refractivity contribution in [3.05, 3.63) is 0 Å². The summed E-state index contributed by atoms with van der Waals surface area (Å²) in [7, 11) is 0. The van der Waals surface area contributed by atoms with Crippen LogP contribution in [0.4, 0.5) is 31.1 Å². The van der Waals surface area contributed by atoms with Crippen LogP contribution in [-0.4, -0.2) is 79.5 Å². The molecule has 2 aliphatic rings. The number of nitrogens with one attached hydrogen (secondary N) is 2. The summed E-state index contributed by atoms with van der Waals surface area (Å²) >= 11 is 0. The molecule has 2 aliphatic heterocycles. The molecule has 0 bridgehead atoms. The fourth-order valence-electron chi connectivity index (χ4n) is 2.49. The van der Waals surface area contributed by atoms with Crippen LogP contribution in [0.2, 0.25) is 0 Å². The van der Waals surface area contributed by atoms with Crippen LogP contribution in [0, 0.1) is 0 Å². The Balaban J connectivity index is 1.98. The van der Waals surface area contributed by atoms with E-state index >= 15 is 0 Å². The lowest BCUT2D eigenvalue weighted by Gasteiger charge is -2.40. The molecule has 0 aromatic rings. The zero-order chi connectivity index (χ0) is 16.5. The first-order valence-corrected chi connectivity index (χ1v) is 6.73. The van der Waals surface area contributed by atoms with Gasteiger partial charge in [0.1, 0.15) is 12.1 Å². The topological polar surface area (TPSA) is 47.6 Å². The molecule has 2 saturated heterocycles. The highest BCUT2D eigenvalue weighted by Gasteiger charge is 2.46. The second-order valence-corrected chi connectivity index (χ2v) is 5.27. The minimum atomic E-state index is -4.50. The SMILES string of the molecule is O=C(N1CCNC(C(F)(F)F)C1)N1CCNC(C(F)(F)F)C1. The summed E-state index contributed by atoms with van der Waals surface area (Å²) in [4.78, 5) is 14.1. The Morgan fingerprint density at radius 1 is 0.818 bits per heavy atom. The van der Waals surface area contributed by atoms with E-state index in [4.69, 9.17) is 0 Å². The predicted molar refractivity (Wildman–Crippen MR) is 64.2 cm³/mol. The van der Waals surface area contributed by atoms with Gasteiger partial charge in [0.2, 0.25) is 0 Å². The summed E-state index contributed by atoms with van der Waals surface area (Å²) in [5, 5.41) is 4.50. The molecule has 2 fully saturated rings. The molecule has 0 radical (unpaired) electrons. The molecular formula is C11H16F6N4O. The average molecular weight is 334 g/mol. The van der Waals surface area contributed by atoms with Crippen molar-refractivity contribution < 1.29 is 31.1 Å². The van der Waals surface area contributed by atoms with Crippen molar-refractivity contribution in [2.75, 3.05) is 39.3 Å². The number of piperazine rings is 2. The lowest BCUT2D eigenvalue weighted by molar-refractivity contribution is -0.165. The first kappa shape index (κ1) is 17.1. The monoisotopic (exact) mass is 334 g/mol. The summed E-state index contributed by atoms with van der Waals surface area (Å²) in [6.07, 6.45) is -9.01. The Bertz CT molecular complexity index is 376. The molecule has 2 amide bonds. The molecule has 0 spiro atoms. The number of carbonyl (C=O) groups is 1. The Kier molecular flexibility index (Phi) is 4.76. The summed E-state index contributed by atoms with van der Waals surface area (Å²) in [5.74, 6) is 0. The van der Waals surface area contributed by atoms with Gasteiger partial charge in [-0.15, -0.1) is 0 Å². The van der Waals surface area contributed by atoms with E-state index in [9.17, 15) is 31.1 Å². The van der Waals surface area contributed by atoms with Gasteiger partial charge in [-0.25, -0.2) is 4.79 Å². The van der Waals surface area contributed by atoms with E-state index in [2.05, 4.69) is 10.6 Å². The van der Waals surface area contributed by atoms with Crippen LogP contribution in [0.15, 0.2) is 0 Å². The Hall–Kier alpha value is -1.23. The third-order valence-corrected chi connectivity index (χ3v) is 3.68. The second-order valence-electron chi connectivity index (χ2n) is 5.27. The van der Waals surface area contributed by atoms with Gasteiger partial charge in [-0.2, -0.15) is 26.3 Å². The summed E-state index contributed by atoms with van der Waals surface area (Å²) in [6, 6.07) is -4.50. The van der Waals surface area contributed by atoms with Crippen molar-refractivity contribution >= 4 is 6.03 Å². The third-order valence-electron chi connectivity index (χ3n) is 3.68. The quantitative estimate of drug-likeness (QED) is 0.644. The van der Waals surface area contributed by atoms with Gasteiger partial charge in [0.05, 0.1) is 0 Å². The number of rotatable bonds is 0. The van der Waals surface area contributed by atoms with Crippen LogP contribution >= 0.6 is 0 Å².